The van der Waals surface area contributed by atoms with E-state index < -0.39 is 0 Å². The Bertz CT molecular complexity index is 440. The first-order valence-electron chi connectivity index (χ1n) is 7.63. The van der Waals surface area contributed by atoms with Gasteiger partial charge in [-0.3, -0.25) is 0 Å². The second kappa shape index (κ2) is 8.67. The standard InChI is InChI=1S/C17H28N2O2/c1-12(5-6-20)11-18-17(21)19-15(4)10-16-8-13(2)7-14(3)9-16/h7-9,12,15,20H,5-6,10-11H2,1-4H3,(H2,18,19,21). The van der Waals surface area contributed by atoms with Gasteiger partial charge in [0.2, 0.25) is 0 Å². The quantitative estimate of drug-likeness (QED) is 0.723. The predicted molar refractivity (Wildman–Crippen MR) is 86.5 cm³/mol. The number of aryl methyl sites for hydroxylation is 2. The molecule has 1 aromatic carbocycles. The van der Waals surface area contributed by atoms with E-state index in [0.717, 1.165) is 6.42 Å². The number of hydrogen-bond acceptors (Lipinski definition) is 2. The third kappa shape index (κ3) is 7.14. The molecule has 4 nitrogen and oxygen atoms in total. The van der Waals surface area contributed by atoms with E-state index in [4.69, 9.17) is 5.11 Å². The molecule has 0 saturated heterocycles. The first-order chi connectivity index (χ1) is 9.90. The van der Waals surface area contributed by atoms with Gasteiger partial charge >= 0.3 is 6.03 Å². The molecule has 0 radical (unpaired) electrons. The summed E-state index contributed by atoms with van der Waals surface area (Å²) >= 11 is 0. The Kier molecular flexibility index (Phi) is 7.23. The lowest BCUT2D eigenvalue weighted by atomic mass is 10.0. The lowest BCUT2D eigenvalue weighted by molar-refractivity contribution is 0.231. The van der Waals surface area contributed by atoms with Crippen molar-refractivity contribution in [3.8, 4) is 0 Å². The second-order valence-electron chi connectivity index (χ2n) is 6.07. The van der Waals surface area contributed by atoms with Gasteiger partial charge in [0.1, 0.15) is 0 Å². The van der Waals surface area contributed by atoms with Crippen LogP contribution in [-0.2, 0) is 6.42 Å². The van der Waals surface area contributed by atoms with Crippen molar-refractivity contribution in [2.75, 3.05) is 13.2 Å². The van der Waals surface area contributed by atoms with E-state index in [1.807, 2.05) is 13.8 Å². The summed E-state index contributed by atoms with van der Waals surface area (Å²) < 4.78 is 0. The third-order valence-corrected chi connectivity index (χ3v) is 3.43. The molecule has 0 bridgehead atoms. The van der Waals surface area contributed by atoms with E-state index in [2.05, 4.69) is 42.7 Å². The zero-order valence-electron chi connectivity index (χ0n) is 13.6. The number of hydrogen-bond donors (Lipinski definition) is 3. The zero-order valence-corrected chi connectivity index (χ0v) is 13.6. The van der Waals surface area contributed by atoms with Gasteiger partial charge in [-0.1, -0.05) is 36.2 Å². The maximum absolute atomic E-state index is 11.8. The molecule has 0 aromatic heterocycles. The van der Waals surface area contributed by atoms with Crippen LogP contribution >= 0.6 is 0 Å². The molecule has 4 heteroatoms. The van der Waals surface area contributed by atoms with Gasteiger partial charge in [-0.25, -0.2) is 4.79 Å². The average molecular weight is 292 g/mol. The Morgan fingerprint density at radius 1 is 1.19 bits per heavy atom. The van der Waals surface area contributed by atoms with Crippen LogP contribution in [0.15, 0.2) is 18.2 Å². The summed E-state index contributed by atoms with van der Waals surface area (Å²) in [7, 11) is 0. The lowest BCUT2D eigenvalue weighted by Gasteiger charge is -2.17. The molecule has 2 amide bonds. The largest absolute Gasteiger partial charge is 0.396 e. The molecule has 0 aliphatic rings. The van der Waals surface area contributed by atoms with E-state index in [0.29, 0.717) is 13.0 Å². The van der Waals surface area contributed by atoms with Crippen LogP contribution in [0.2, 0.25) is 0 Å². The van der Waals surface area contributed by atoms with Crippen LogP contribution in [0.3, 0.4) is 0 Å². The molecule has 3 N–H and O–H groups in total. The molecule has 0 heterocycles. The fraction of sp³-hybridized carbons (Fsp3) is 0.588. The van der Waals surface area contributed by atoms with Crippen molar-refractivity contribution in [3.63, 3.8) is 0 Å². The van der Waals surface area contributed by atoms with E-state index in [1.54, 1.807) is 0 Å². The average Bonchev–Trinajstić information content (AvgIpc) is 2.35. The fourth-order valence-electron chi connectivity index (χ4n) is 2.46. The minimum atomic E-state index is -0.142. The summed E-state index contributed by atoms with van der Waals surface area (Å²) in [6, 6.07) is 6.41. The fourth-order valence-corrected chi connectivity index (χ4v) is 2.46. The molecule has 21 heavy (non-hydrogen) atoms. The molecule has 2 unspecified atom stereocenters. The zero-order chi connectivity index (χ0) is 15.8. The predicted octanol–water partition coefficient (Wildman–Crippen LogP) is 2.55. The van der Waals surface area contributed by atoms with Crippen LogP contribution in [0.4, 0.5) is 4.79 Å². The number of urea groups is 1. The van der Waals surface area contributed by atoms with Crippen molar-refractivity contribution in [3.05, 3.63) is 34.9 Å². The van der Waals surface area contributed by atoms with Gasteiger partial charge in [0.25, 0.3) is 0 Å². The van der Waals surface area contributed by atoms with Crippen molar-refractivity contribution in [2.24, 2.45) is 5.92 Å². The molecular weight excluding hydrogens is 264 g/mol. The SMILES string of the molecule is Cc1cc(C)cc(CC(C)NC(=O)NCC(C)CCO)c1. The Morgan fingerprint density at radius 3 is 2.38 bits per heavy atom. The first kappa shape index (κ1) is 17.5. The Balaban J connectivity index is 2.38. The van der Waals surface area contributed by atoms with E-state index in [1.165, 1.54) is 16.7 Å². The van der Waals surface area contributed by atoms with Crippen LogP contribution < -0.4 is 10.6 Å². The van der Waals surface area contributed by atoms with Gasteiger partial charge in [0.05, 0.1) is 0 Å². The van der Waals surface area contributed by atoms with Crippen molar-refractivity contribution in [1.82, 2.24) is 10.6 Å². The molecule has 1 rings (SSSR count). The van der Waals surface area contributed by atoms with Gasteiger partial charge in [-0.2, -0.15) is 0 Å². The number of aliphatic hydroxyl groups is 1. The monoisotopic (exact) mass is 292 g/mol. The van der Waals surface area contributed by atoms with Gasteiger partial charge in [-0.15, -0.1) is 0 Å². The topological polar surface area (TPSA) is 61.4 Å². The molecule has 0 saturated carbocycles. The number of rotatable bonds is 7. The minimum absolute atomic E-state index is 0.0827. The van der Waals surface area contributed by atoms with Gasteiger partial charge in [0, 0.05) is 19.2 Å². The summed E-state index contributed by atoms with van der Waals surface area (Å²) in [6.07, 6.45) is 1.53. The molecule has 0 aliphatic carbocycles. The van der Waals surface area contributed by atoms with E-state index in [9.17, 15) is 4.79 Å². The highest BCUT2D eigenvalue weighted by molar-refractivity contribution is 5.74. The summed E-state index contributed by atoms with van der Waals surface area (Å²) in [4.78, 5) is 11.8. The van der Waals surface area contributed by atoms with Gasteiger partial charge < -0.3 is 15.7 Å². The number of benzene rings is 1. The number of nitrogens with one attached hydrogen (secondary N) is 2. The molecule has 2 atom stereocenters. The van der Waals surface area contributed by atoms with Crippen molar-refractivity contribution >= 4 is 6.03 Å². The van der Waals surface area contributed by atoms with Crippen LogP contribution in [0.1, 0.15) is 37.0 Å². The highest BCUT2D eigenvalue weighted by Gasteiger charge is 2.09. The van der Waals surface area contributed by atoms with Crippen LogP contribution in [0, 0.1) is 19.8 Å². The molecule has 1 aromatic rings. The number of carbonyl (C=O) groups excluding carboxylic acids is 1. The molecule has 118 valence electrons. The molecule has 0 spiro atoms. The van der Waals surface area contributed by atoms with E-state index in [-0.39, 0.29) is 24.6 Å². The second-order valence-corrected chi connectivity index (χ2v) is 6.07. The summed E-state index contributed by atoms with van der Waals surface area (Å²) in [6.45, 7) is 8.94. The first-order valence-corrected chi connectivity index (χ1v) is 7.63. The Morgan fingerprint density at radius 2 is 1.81 bits per heavy atom. The maximum atomic E-state index is 11.8. The molecule has 0 aliphatic heterocycles. The number of carbonyl (C=O) groups is 1. The number of amides is 2. The number of aliphatic hydroxyl groups excluding tert-OH is 1. The van der Waals surface area contributed by atoms with E-state index >= 15 is 0 Å². The van der Waals surface area contributed by atoms with Crippen molar-refractivity contribution < 1.29 is 9.90 Å². The minimum Gasteiger partial charge on any atom is -0.396 e. The normalized spacial score (nSPS) is 13.6. The lowest BCUT2D eigenvalue weighted by Crippen LogP contribution is -2.43. The highest BCUT2D eigenvalue weighted by atomic mass is 16.3. The van der Waals surface area contributed by atoms with Crippen LogP contribution in [0.25, 0.3) is 0 Å². The van der Waals surface area contributed by atoms with Crippen LogP contribution in [0.5, 0.6) is 0 Å². The van der Waals surface area contributed by atoms with Crippen molar-refractivity contribution in [1.29, 1.82) is 0 Å². The van der Waals surface area contributed by atoms with Gasteiger partial charge in [0.15, 0.2) is 0 Å². The molecule has 0 fully saturated rings. The summed E-state index contributed by atoms with van der Waals surface area (Å²) in [5.41, 5.74) is 3.74. The summed E-state index contributed by atoms with van der Waals surface area (Å²) in [5, 5.41) is 14.6. The third-order valence-electron chi connectivity index (χ3n) is 3.43. The smallest absolute Gasteiger partial charge is 0.315 e. The molecular formula is C17H28N2O2. The van der Waals surface area contributed by atoms with Gasteiger partial charge in [-0.05, 0) is 45.1 Å². The Hall–Kier alpha value is -1.55. The Labute approximate surface area is 128 Å². The van der Waals surface area contributed by atoms with Crippen LogP contribution in [-0.4, -0.2) is 30.3 Å². The van der Waals surface area contributed by atoms with Crippen molar-refractivity contribution in [2.45, 2.75) is 46.6 Å². The highest BCUT2D eigenvalue weighted by Crippen LogP contribution is 2.10. The maximum Gasteiger partial charge on any atom is 0.315 e. The summed E-state index contributed by atoms with van der Waals surface area (Å²) in [5.74, 6) is 0.287.